The van der Waals surface area contributed by atoms with Gasteiger partial charge in [0.05, 0.1) is 164 Å². The first kappa shape index (κ1) is 52.8. The summed E-state index contributed by atoms with van der Waals surface area (Å²) < 4.78 is 56.4. The molecule has 0 atom stereocenters. The summed E-state index contributed by atoms with van der Waals surface area (Å²) in [5.41, 5.74) is 10.8. The molecular formula is C44H66N8O13. The molecule has 1 aliphatic heterocycles. The van der Waals surface area contributed by atoms with Gasteiger partial charge in [-0.1, -0.05) is 24.3 Å². The number of aliphatic carboxylic acids is 1. The van der Waals surface area contributed by atoms with E-state index in [9.17, 15) is 9.59 Å². The van der Waals surface area contributed by atoms with E-state index in [-0.39, 0.29) is 25.4 Å². The lowest BCUT2D eigenvalue weighted by molar-refractivity contribution is -0.138. The average molecular weight is 915 g/mol. The van der Waals surface area contributed by atoms with Crippen LogP contribution in [0.25, 0.3) is 17.2 Å². The van der Waals surface area contributed by atoms with Crippen LogP contribution in [0.4, 0.5) is 5.69 Å². The highest BCUT2D eigenvalue weighted by atomic mass is 16.6. The van der Waals surface area contributed by atoms with E-state index in [0.717, 1.165) is 23.1 Å². The van der Waals surface area contributed by atoms with Gasteiger partial charge in [0, 0.05) is 42.1 Å². The number of carboxylic acid groups (broad SMARTS) is 1. The molecule has 0 fully saturated rings. The second kappa shape index (κ2) is 33.6. The Hall–Kier alpha value is -4.81. The van der Waals surface area contributed by atoms with Crippen LogP contribution in [-0.4, -0.2) is 191 Å². The van der Waals surface area contributed by atoms with Crippen LogP contribution in [0.1, 0.15) is 37.4 Å². The van der Waals surface area contributed by atoms with Crippen LogP contribution < -0.4 is 5.73 Å². The lowest BCUT2D eigenvalue weighted by atomic mass is 10.0. The predicted molar refractivity (Wildman–Crippen MR) is 238 cm³/mol. The number of benzene rings is 1. The van der Waals surface area contributed by atoms with Crippen molar-refractivity contribution in [3.8, 4) is 11.1 Å². The molecule has 0 aliphatic carbocycles. The maximum atomic E-state index is 13.8. The topological polar surface area (TPSA) is 245 Å². The molecule has 360 valence electrons. The summed E-state index contributed by atoms with van der Waals surface area (Å²) in [6.45, 7) is 12.1. The molecule has 0 saturated carbocycles. The standard InChI is InChI=1S/C44H66N8O13/c1-2-6-51(44(55)38-28-37-4-3-36(39-31-46-35-47-32-39)29-41(37)48-42(45)30-38)33-40-34-52(50-49-40)7-9-57-11-13-59-15-17-61-19-21-63-23-25-65-27-26-64-24-22-62-20-18-60-16-14-58-12-10-56-8-5-43(53)54/h3-4,28-29,31-32,34-35H,2,5-27,30,33H2,1H3,(H2,45,48)(H,53,54). The van der Waals surface area contributed by atoms with Crippen molar-refractivity contribution < 1.29 is 62.1 Å². The molecule has 21 heteroatoms. The second-order valence-corrected chi connectivity index (χ2v) is 14.3. The number of ether oxygens (including phenoxy) is 10. The first-order chi connectivity index (χ1) is 31.9. The SMILES string of the molecule is CCCN(Cc1cn(CCOCCOCCOCCOCCOCCOCCOCCOCCOCCOCCC(=O)O)nn1)C(=O)C1=Cc2ccc(-c3cncnc3)cc2N=C(N)C1. The van der Waals surface area contributed by atoms with Gasteiger partial charge in [0.15, 0.2) is 0 Å². The number of carbonyl (C=O) groups excluding carboxylic acids is 1. The Bertz CT molecular complexity index is 1820. The van der Waals surface area contributed by atoms with Crippen LogP contribution in [0.2, 0.25) is 0 Å². The van der Waals surface area contributed by atoms with Gasteiger partial charge in [-0.2, -0.15) is 0 Å². The molecule has 21 nitrogen and oxygen atoms in total. The number of aliphatic imine (C=N–C) groups is 1. The molecule has 3 aromatic rings. The van der Waals surface area contributed by atoms with Crippen LogP contribution in [0.15, 0.2) is 53.7 Å². The molecule has 0 spiro atoms. The summed E-state index contributed by atoms with van der Waals surface area (Å²) >= 11 is 0. The largest absolute Gasteiger partial charge is 0.481 e. The minimum Gasteiger partial charge on any atom is -0.481 e. The van der Waals surface area contributed by atoms with Crippen LogP contribution in [0.3, 0.4) is 0 Å². The number of fused-ring (bicyclic) bond motifs is 1. The highest BCUT2D eigenvalue weighted by Gasteiger charge is 2.23. The van der Waals surface area contributed by atoms with E-state index in [1.807, 2.05) is 37.4 Å². The highest BCUT2D eigenvalue weighted by Crippen LogP contribution is 2.31. The maximum absolute atomic E-state index is 13.8. The number of amides is 1. The number of nitrogens with two attached hydrogens (primary N) is 1. The number of hydrogen-bond donors (Lipinski definition) is 2. The molecule has 1 amide bonds. The molecule has 3 N–H and O–H groups in total. The van der Waals surface area contributed by atoms with Crippen molar-refractivity contribution in [1.29, 1.82) is 0 Å². The van der Waals surface area contributed by atoms with Gasteiger partial charge in [-0.15, -0.1) is 5.10 Å². The summed E-state index contributed by atoms with van der Waals surface area (Å²) in [4.78, 5) is 38.8. The van der Waals surface area contributed by atoms with Crippen LogP contribution in [0.5, 0.6) is 0 Å². The van der Waals surface area contributed by atoms with Crippen molar-refractivity contribution in [2.45, 2.75) is 39.3 Å². The smallest absolute Gasteiger partial charge is 0.305 e. The molecule has 0 saturated heterocycles. The maximum Gasteiger partial charge on any atom is 0.305 e. The summed E-state index contributed by atoms with van der Waals surface area (Å²) in [6, 6.07) is 5.82. The Morgan fingerprint density at radius 1 is 0.692 bits per heavy atom. The lowest BCUT2D eigenvalue weighted by Gasteiger charge is -2.22. The molecule has 0 radical (unpaired) electrons. The molecule has 0 bridgehead atoms. The molecule has 4 rings (SSSR count). The minimum absolute atomic E-state index is 0.0112. The van der Waals surface area contributed by atoms with E-state index in [1.54, 1.807) is 22.0 Å². The van der Waals surface area contributed by atoms with Gasteiger partial charge in [0.2, 0.25) is 0 Å². The van der Waals surface area contributed by atoms with Gasteiger partial charge < -0.3 is 63.1 Å². The lowest BCUT2D eigenvalue weighted by Crippen LogP contribution is -2.33. The molecule has 1 aliphatic rings. The zero-order chi connectivity index (χ0) is 46.0. The van der Waals surface area contributed by atoms with Crippen LogP contribution in [0, 0.1) is 0 Å². The van der Waals surface area contributed by atoms with E-state index < -0.39 is 5.97 Å². The summed E-state index contributed by atoms with van der Waals surface area (Å²) in [5, 5.41) is 17.1. The predicted octanol–water partition coefficient (Wildman–Crippen LogP) is 2.59. The third kappa shape index (κ3) is 23.3. The van der Waals surface area contributed by atoms with E-state index in [1.165, 1.54) is 6.33 Å². The fourth-order valence-corrected chi connectivity index (χ4v) is 6.00. The van der Waals surface area contributed by atoms with Gasteiger partial charge in [0.1, 0.15) is 17.9 Å². The number of hydrogen-bond acceptors (Lipinski definition) is 18. The number of rotatable bonds is 39. The second-order valence-electron chi connectivity index (χ2n) is 14.3. The Kier molecular flexibility index (Phi) is 27.3. The van der Waals surface area contributed by atoms with E-state index in [4.69, 9.17) is 58.2 Å². The van der Waals surface area contributed by atoms with Crippen molar-refractivity contribution in [2.24, 2.45) is 10.7 Å². The summed E-state index contributed by atoms with van der Waals surface area (Å²) in [7, 11) is 0. The number of carboxylic acids is 1. The highest BCUT2D eigenvalue weighted by molar-refractivity contribution is 6.05. The first-order valence-corrected chi connectivity index (χ1v) is 22.0. The molecule has 2 aromatic heterocycles. The summed E-state index contributed by atoms with van der Waals surface area (Å²) in [6.07, 6.45) is 9.67. The van der Waals surface area contributed by atoms with Gasteiger partial charge in [-0.25, -0.2) is 19.6 Å². The van der Waals surface area contributed by atoms with Crippen LogP contribution in [-0.2, 0) is 70.0 Å². The molecular weight excluding hydrogens is 849 g/mol. The van der Waals surface area contributed by atoms with Crippen LogP contribution >= 0.6 is 0 Å². The Balaban J connectivity index is 0.918. The zero-order valence-electron chi connectivity index (χ0n) is 37.6. The zero-order valence-corrected chi connectivity index (χ0v) is 37.6. The molecule has 3 heterocycles. The van der Waals surface area contributed by atoms with Crippen molar-refractivity contribution in [3.63, 3.8) is 0 Å². The third-order valence-electron chi connectivity index (χ3n) is 9.16. The molecule has 65 heavy (non-hydrogen) atoms. The van der Waals surface area contributed by atoms with E-state index in [0.29, 0.717) is 168 Å². The normalized spacial score (nSPS) is 12.4. The number of nitrogens with zero attached hydrogens (tertiary/aromatic N) is 7. The number of aromatic nitrogens is 5. The fourth-order valence-electron chi connectivity index (χ4n) is 6.00. The van der Waals surface area contributed by atoms with E-state index in [2.05, 4.69) is 25.3 Å². The third-order valence-corrected chi connectivity index (χ3v) is 9.16. The summed E-state index contributed by atoms with van der Waals surface area (Å²) in [5.74, 6) is -0.635. The number of amidine groups is 1. The number of carbonyl (C=O) groups is 2. The Morgan fingerprint density at radius 3 is 1.68 bits per heavy atom. The minimum atomic E-state index is -0.881. The monoisotopic (exact) mass is 914 g/mol. The van der Waals surface area contributed by atoms with Crippen molar-refractivity contribution >= 4 is 29.5 Å². The Labute approximate surface area is 380 Å². The van der Waals surface area contributed by atoms with E-state index >= 15 is 0 Å². The molecule has 1 aromatic carbocycles. The van der Waals surface area contributed by atoms with Gasteiger partial charge in [0.25, 0.3) is 5.91 Å². The van der Waals surface area contributed by atoms with Crippen molar-refractivity contribution in [2.75, 3.05) is 139 Å². The van der Waals surface area contributed by atoms with Crippen molar-refractivity contribution in [3.05, 3.63) is 59.9 Å². The average Bonchev–Trinajstić information content (AvgIpc) is 3.68. The van der Waals surface area contributed by atoms with Gasteiger partial charge in [-0.05, 0) is 24.1 Å². The van der Waals surface area contributed by atoms with Gasteiger partial charge >= 0.3 is 5.97 Å². The van der Waals surface area contributed by atoms with Gasteiger partial charge in [-0.3, -0.25) is 9.59 Å². The first-order valence-electron chi connectivity index (χ1n) is 22.0. The van der Waals surface area contributed by atoms with Crippen molar-refractivity contribution in [1.82, 2.24) is 29.9 Å². The fraction of sp³-hybridized carbons (Fsp3) is 0.614. The molecule has 0 unspecified atom stereocenters. The quantitative estimate of drug-likeness (QED) is 0.0781. The Morgan fingerprint density at radius 2 is 1.18 bits per heavy atom.